The largest absolute Gasteiger partial charge is 0.474 e. The van der Waals surface area contributed by atoms with E-state index in [1.165, 1.54) is 6.92 Å². The first kappa shape index (κ1) is 41.2. The number of nitrogen functional groups attached to an aromatic ring is 2. The Balaban J connectivity index is 0.000000271. The van der Waals surface area contributed by atoms with Crippen molar-refractivity contribution in [2.24, 2.45) is 0 Å². The molecule has 50 heavy (non-hydrogen) atoms. The number of thioether (sulfide) groups is 1. The second kappa shape index (κ2) is 14.4. The molecule has 0 radical (unpaired) electrons. The van der Waals surface area contributed by atoms with E-state index in [2.05, 4.69) is 15.0 Å². The number of anilines is 2. The summed E-state index contributed by atoms with van der Waals surface area (Å²) >= 11 is 22.6. The molecule has 0 bridgehead atoms. The molecule has 8 nitrogen and oxygen atoms in total. The molecule has 26 heteroatoms. The van der Waals surface area contributed by atoms with Crippen molar-refractivity contribution in [1.82, 2.24) is 19.6 Å². The number of alkyl halides is 12. The van der Waals surface area contributed by atoms with Crippen molar-refractivity contribution in [3.8, 4) is 11.4 Å². The quantitative estimate of drug-likeness (QED) is 0.120. The molecule has 0 amide bonds. The Kier molecular flexibility index (Phi) is 11.9. The summed E-state index contributed by atoms with van der Waals surface area (Å²) in [5.41, 5.74) is -1.82. The fourth-order valence-corrected chi connectivity index (χ4v) is 6.41. The van der Waals surface area contributed by atoms with Gasteiger partial charge in [0.2, 0.25) is 0 Å². The summed E-state index contributed by atoms with van der Waals surface area (Å²) < 4.78 is 165. The zero-order chi connectivity index (χ0) is 38.5. The molecule has 0 saturated carbocycles. The lowest BCUT2D eigenvalue weighted by Gasteiger charge is -2.13. The van der Waals surface area contributed by atoms with E-state index >= 15 is 0 Å². The molecule has 4 rings (SSSR count). The zero-order valence-electron chi connectivity index (χ0n) is 23.5. The van der Waals surface area contributed by atoms with Crippen LogP contribution >= 0.6 is 58.2 Å². The van der Waals surface area contributed by atoms with Gasteiger partial charge in [-0.15, -0.1) is 4.68 Å². The van der Waals surface area contributed by atoms with E-state index in [4.69, 9.17) is 64.4 Å². The summed E-state index contributed by atoms with van der Waals surface area (Å²) in [5, 5.41) is 5.06. The maximum absolute atomic E-state index is 12.8. The summed E-state index contributed by atoms with van der Waals surface area (Å²) in [6, 6.07) is 2.11. The third kappa shape index (κ3) is 8.97. The first-order valence-electron chi connectivity index (χ1n) is 12.1. The molecule has 0 aliphatic carbocycles. The predicted molar refractivity (Wildman–Crippen MR) is 161 cm³/mol. The van der Waals surface area contributed by atoms with Crippen molar-refractivity contribution in [2.45, 2.75) is 40.1 Å². The average molecular weight is 847 g/mol. The smallest absolute Gasteiger partial charge is 0.383 e. The van der Waals surface area contributed by atoms with Gasteiger partial charge in [0.15, 0.2) is 16.6 Å². The molecule has 0 saturated heterocycles. The number of nitrogens with zero attached hydrogens (tertiary/aromatic N) is 5. The van der Waals surface area contributed by atoms with E-state index < -0.39 is 105 Å². The number of aromatic nitrogens is 4. The van der Waals surface area contributed by atoms with Crippen LogP contribution in [-0.4, -0.2) is 34.8 Å². The molecule has 1 atom stereocenters. The van der Waals surface area contributed by atoms with Gasteiger partial charge in [0, 0.05) is 0 Å². The highest BCUT2D eigenvalue weighted by molar-refractivity contribution is 8.00. The number of halogens is 16. The second-order valence-electron chi connectivity index (χ2n) is 9.11. The fourth-order valence-electron chi connectivity index (χ4n) is 3.75. The lowest BCUT2D eigenvalue weighted by molar-refractivity contribution is -0.138. The maximum Gasteiger partial charge on any atom is 0.474 e. The van der Waals surface area contributed by atoms with E-state index in [-0.39, 0.29) is 16.3 Å². The number of benzene rings is 2. The fraction of sp³-hybridized carbons (Fsp3) is 0.208. The van der Waals surface area contributed by atoms with Crippen LogP contribution in [0.25, 0.3) is 16.2 Å². The van der Waals surface area contributed by atoms with Crippen LogP contribution < -0.4 is 11.5 Å². The average Bonchev–Trinajstić information content (AvgIpc) is 3.40. The van der Waals surface area contributed by atoms with Gasteiger partial charge in [0.1, 0.15) is 22.1 Å². The summed E-state index contributed by atoms with van der Waals surface area (Å²) in [6.45, 7) is 8.13. The zero-order valence-corrected chi connectivity index (χ0v) is 28.1. The van der Waals surface area contributed by atoms with Crippen molar-refractivity contribution in [3.05, 3.63) is 72.6 Å². The predicted octanol–water partition coefficient (Wildman–Crippen LogP) is 10.7. The monoisotopic (exact) mass is 845 g/mol. The number of hydrogen-bond donors (Lipinski definition) is 2. The highest BCUT2D eigenvalue weighted by Crippen LogP contribution is 2.45. The Morgan fingerprint density at radius 3 is 1.44 bits per heavy atom. The van der Waals surface area contributed by atoms with Crippen LogP contribution in [-0.2, 0) is 23.2 Å². The molecule has 2 heterocycles. The molecule has 0 fully saturated rings. The van der Waals surface area contributed by atoms with Crippen LogP contribution in [0, 0.1) is 13.5 Å². The molecule has 272 valence electrons. The van der Waals surface area contributed by atoms with Crippen molar-refractivity contribution >= 4 is 86.4 Å². The van der Waals surface area contributed by atoms with Gasteiger partial charge in [-0.1, -0.05) is 53.0 Å². The van der Waals surface area contributed by atoms with Crippen molar-refractivity contribution in [1.29, 1.82) is 0 Å². The Labute approximate surface area is 297 Å². The number of aryl methyl sites for hydroxylation is 1. The normalized spacial score (nSPS) is 13.1. The summed E-state index contributed by atoms with van der Waals surface area (Å²) in [6.07, 6.45) is -9.47. The molecular weight excluding hydrogens is 836 g/mol. The van der Waals surface area contributed by atoms with Crippen LogP contribution in [0.2, 0.25) is 20.1 Å². The van der Waals surface area contributed by atoms with E-state index in [1.807, 2.05) is 0 Å². The lowest BCUT2D eigenvalue weighted by atomic mass is 10.2. The topological polar surface area (TPSA) is 109 Å². The summed E-state index contributed by atoms with van der Waals surface area (Å²) in [4.78, 5) is 1.19. The molecule has 4 aromatic rings. The minimum atomic E-state index is -5.24. The molecule has 0 spiro atoms. The van der Waals surface area contributed by atoms with Crippen LogP contribution in [0.1, 0.15) is 16.8 Å². The first-order chi connectivity index (χ1) is 22.6. The molecule has 0 aliphatic heterocycles. The Bertz CT molecular complexity index is 1970. The second-order valence-corrected chi connectivity index (χ2v) is 13.2. The Morgan fingerprint density at radius 2 is 1.12 bits per heavy atom. The minimum Gasteiger partial charge on any atom is -0.383 e. The van der Waals surface area contributed by atoms with E-state index in [9.17, 15) is 56.9 Å². The molecular formula is C24H11Cl4F12N7OS2. The van der Waals surface area contributed by atoms with Gasteiger partial charge in [-0.2, -0.15) is 57.8 Å². The highest BCUT2D eigenvalue weighted by atomic mass is 35.5. The third-order valence-corrected chi connectivity index (χ3v) is 9.00. The molecule has 4 N–H and O–H groups in total. The number of rotatable bonds is 4. The third-order valence-electron chi connectivity index (χ3n) is 5.73. The first-order valence-corrected chi connectivity index (χ1v) is 15.6. The molecule has 2 aromatic heterocycles. The summed E-state index contributed by atoms with van der Waals surface area (Å²) in [7, 11) is -3.70. The SMILES string of the molecule is Cc1nn(-c2c(Cl)cc(C(F)(F)F)cc2Cl)c(N)c1SC(F)(F)F.[C-]#[N+]c1nn(-c2c(Cl)cc(C(F)(F)F)cc2Cl)c(N)c1S(=O)C(F)(F)F. The van der Waals surface area contributed by atoms with E-state index in [0.717, 1.165) is 4.68 Å². The Morgan fingerprint density at radius 1 is 0.740 bits per heavy atom. The van der Waals surface area contributed by atoms with Crippen molar-refractivity contribution < 1.29 is 56.9 Å². The standard InChI is InChI=1S/C12H4Cl2F6N4OS.C12H7Cl2F6N3S/c1-22-10-8(26(25)12(18,19)20)9(21)24(23-10)7-5(13)2-4(3-6(7)14)11(15,16)17;1-4-9(24-12(18,19)20)10(21)23(22-4)8-6(13)2-5(3-7(8)14)11(15,16)17/h2-3H,21H2;2-3H,21H2,1H3. The van der Waals surface area contributed by atoms with Gasteiger partial charge in [0.05, 0.1) is 41.8 Å². The molecule has 2 aromatic carbocycles. The van der Waals surface area contributed by atoms with Crippen LogP contribution in [0.5, 0.6) is 0 Å². The molecule has 1 unspecified atom stereocenters. The van der Waals surface area contributed by atoms with Gasteiger partial charge in [-0.3, -0.25) is 0 Å². The number of hydrogen-bond acceptors (Lipinski definition) is 6. The number of nitrogens with two attached hydrogens (primary N) is 2. The Hall–Kier alpha value is -3.23. The van der Waals surface area contributed by atoms with Gasteiger partial charge < -0.3 is 16.3 Å². The maximum atomic E-state index is 12.8. The van der Waals surface area contributed by atoms with Crippen molar-refractivity contribution in [2.75, 3.05) is 11.5 Å². The lowest BCUT2D eigenvalue weighted by Crippen LogP contribution is -2.17. The van der Waals surface area contributed by atoms with Crippen LogP contribution in [0.3, 0.4) is 0 Å². The highest BCUT2D eigenvalue weighted by Gasteiger charge is 2.43. The van der Waals surface area contributed by atoms with Gasteiger partial charge in [0.25, 0.3) is 0 Å². The van der Waals surface area contributed by atoms with Crippen molar-refractivity contribution in [3.63, 3.8) is 0 Å². The van der Waals surface area contributed by atoms with Gasteiger partial charge in [-0.25, -0.2) is 8.89 Å². The van der Waals surface area contributed by atoms with E-state index in [0.29, 0.717) is 28.9 Å². The van der Waals surface area contributed by atoms with E-state index in [1.54, 1.807) is 0 Å². The van der Waals surface area contributed by atoms with Gasteiger partial charge in [-0.05, 0) is 48.0 Å². The van der Waals surface area contributed by atoms with Crippen LogP contribution in [0.15, 0.2) is 34.1 Å². The van der Waals surface area contributed by atoms with Gasteiger partial charge >= 0.3 is 29.2 Å². The molecule has 0 aliphatic rings. The van der Waals surface area contributed by atoms with Crippen LogP contribution in [0.4, 0.5) is 70.1 Å². The summed E-state index contributed by atoms with van der Waals surface area (Å²) in [5.74, 6) is -2.28. The minimum absolute atomic E-state index is 0.0677.